The van der Waals surface area contributed by atoms with Crippen LogP contribution in [0.2, 0.25) is 0 Å². The molecule has 184 valence electrons. The van der Waals surface area contributed by atoms with E-state index in [1.165, 1.54) is 65.7 Å². The first kappa shape index (κ1) is 23.8. The van der Waals surface area contributed by atoms with Crippen LogP contribution >= 0.6 is 0 Å². The number of allylic oxidation sites excluding steroid dienone is 3. The molecule has 0 amide bonds. The van der Waals surface area contributed by atoms with Gasteiger partial charge in [-0.25, -0.2) is 0 Å². The minimum Gasteiger partial charge on any atom is -0.404 e. The Balaban J connectivity index is 1.72. The summed E-state index contributed by atoms with van der Waals surface area (Å²) in [6, 6.07) is 39.7. The van der Waals surface area contributed by atoms with Crippen LogP contribution in [0, 0.1) is 6.92 Å². The van der Waals surface area contributed by atoms with E-state index in [2.05, 4.69) is 136 Å². The average molecular weight is 490 g/mol. The van der Waals surface area contributed by atoms with Crippen molar-refractivity contribution in [2.45, 2.75) is 20.8 Å². The third-order valence-corrected chi connectivity index (χ3v) is 7.45. The third-order valence-electron chi connectivity index (χ3n) is 7.45. The van der Waals surface area contributed by atoms with Gasteiger partial charge in [-0.1, -0.05) is 115 Å². The Labute approximate surface area is 224 Å². The molecule has 0 aliphatic heterocycles. The normalized spacial score (nSPS) is 11.8. The first-order valence-electron chi connectivity index (χ1n) is 13.2. The molecule has 0 saturated carbocycles. The number of fused-ring (bicyclic) bond motifs is 3. The molecular formula is C37H31N. The van der Waals surface area contributed by atoms with Crippen LogP contribution in [0.25, 0.3) is 60.1 Å². The van der Waals surface area contributed by atoms with Crippen molar-refractivity contribution in [3.8, 4) is 22.3 Å². The molecule has 0 unspecified atom stereocenters. The van der Waals surface area contributed by atoms with E-state index in [9.17, 15) is 0 Å². The minimum absolute atomic E-state index is 1.03. The van der Waals surface area contributed by atoms with Gasteiger partial charge in [-0.3, -0.25) is 0 Å². The van der Waals surface area contributed by atoms with E-state index in [-0.39, 0.29) is 0 Å². The maximum absolute atomic E-state index is 6.06. The van der Waals surface area contributed by atoms with E-state index in [1.54, 1.807) is 6.20 Å². The molecule has 2 N–H and O–H groups in total. The van der Waals surface area contributed by atoms with Crippen molar-refractivity contribution >= 4 is 37.9 Å². The molecule has 6 rings (SSSR count). The van der Waals surface area contributed by atoms with Crippen LogP contribution in [0.4, 0.5) is 0 Å². The number of rotatable bonds is 4. The van der Waals surface area contributed by atoms with E-state index in [0.717, 1.165) is 11.1 Å². The van der Waals surface area contributed by atoms with Gasteiger partial charge in [0.05, 0.1) is 0 Å². The molecule has 6 aromatic carbocycles. The van der Waals surface area contributed by atoms with Crippen molar-refractivity contribution in [2.75, 3.05) is 0 Å². The molecule has 0 aliphatic carbocycles. The second-order valence-corrected chi connectivity index (χ2v) is 10.2. The van der Waals surface area contributed by atoms with Gasteiger partial charge in [0, 0.05) is 6.20 Å². The van der Waals surface area contributed by atoms with Gasteiger partial charge in [-0.05, 0) is 98.1 Å². The fraction of sp³-hybridized carbons (Fsp3) is 0.0811. The summed E-state index contributed by atoms with van der Waals surface area (Å²) in [7, 11) is 0. The Kier molecular flexibility index (Phi) is 6.05. The molecule has 38 heavy (non-hydrogen) atoms. The van der Waals surface area contributed by atoms with Crippen LogP contribution in [-0.4, -0.2) is 0 Å². The average Bonchev–Trinajstić information content (AvgIpc) is 2.94. The molecule has 1 heteroatoms. The second kappa shape index (κ2) is 9.68. The van der Waals surface area contributed by atoms with Crippen molar-refractivity contribution in [3.05, 3.63) is 138 Å². The second-order valence-electron chi connectivity index (χ2n) is 10.2. The number of nitrogens with two attached hydrogens (primary N) is 1. The fourth-order valence-electron chi connectivity index (χ4n) is 5.81. The highest BCUT2D eigenvalue weighted by Gasteiger charge is 2.18. The van der Waals surface area contributed by atoms with E-state index >= 15 is 0 Å². The Morgan fingerprint density at radius 3 is 1.76 bits per heavy atom. The molecule has 0 atom stereocenters. The summed E-state index contributed by atoms with van der Waals surface area (Å²) in [5, 5.41) is 7.62. The predicted molar refractivity (Wildman–Crippen MR) is 166 cm³/mol. The van der Waals surface area contributed by atoms with Crippen LogP contribution in [0.3, 0.4) is 0 Å². The predicted octanol–water partition coefficient (Wildman–Crippen LogP) is 10.1. The zero-order chi connectivity index (χ0) is 26.2. The fourth-order valence-corrected chi connectivity index (χ4v) is 5.81. The SMILES string of the molecule is CC(C)=C/C(=C\N)c1cccc(-c2c3ccccc3c(-c3cccc4c(C)cccc34)c3ccccc23)c1. The molecule has 0 saturated heterocycles. The van der Waals surface area contributed by atoms with Crippen molar-refractivity contribution in [2.24, 2.45) is 5.73 Å². The summed E-state index contributed by atoms with van der Waals surface area (Å²) in [4.78, 5) is 0. The van der Waals surface area contributed by atoms with E-state index in [1.807, 2.05) is 0 Å². The molecule has 0 aromatic heterocycles. The van der Waals surface area contributed by atoms with E-state index < -0.39 is 0 Å². The lowest BCUT2D eigenvalue weighted by atomic mass is 9.84. The molecule has 0 spiro atoms. The van der Waals surface area contributed by atoms with Gasteiger partial charge < -0.3 is 5.73 Å². The van der Waals surface area contributed by atoms with Gasteiger partial charge >= 0.3 is 0 Å². The molecule has 0 heterocycles. The lowest BCUT2D eigenvalue weighted by Gasteiger charge is -2.19. The van der Waals surface area contributed by atoms with Gasteiger partial charge in [0.15, 0.2) is 0 Å². The Hall–Kier alpha value is -4.62. The topological polar surface area (TPSA) is 26.0 Å². The van der Waals surface area contributed by atoms with Gasteiger partial charge in [0.1, 0.15) is 0 Å². The summed E-state index contributed by atoms with van der Waals surface area (Å²) < 4.78 is 0. The standard InChI is InChI=1S/C37H31N/c1-24(2)21-28(23-38)26-12-9-13-27(22-26)36-32-14-4-6-16-34(32)37(35-17-7-5-15-33(35)36)31-20-10-18-29-25(3)11-8-19-30(29)31/h4-23H,38H2,1-3H3/b28-23+. The summed E-state index contributed by atoms with van der Waals surface area (Å²) in [5.74, 6) is 0. The summed E-state index contributed by atoms with van der Waals surface area (Å²) in [6.07, 6.45) is 3.84. The van der Waals surface area contributed by atoms with Gasteiger partial charge in [-0.2, -0.15) is 0 Å². The third kappa shape index (κ3) is 3.97. The highest BCUT2D eigenvalue weighted by molar-refractivity contribution is 6.23. The number of hydrogen-bond acceptors (Lipinski definition) is 1. The summed E-state index contributed by atoms with van der Waals surface area (Å²) in [5.41, 5.74) is 15.7. The largest absolute Gasteiger partial charge is 0.404 e. The molecule has 6 aromatic rings. The van der Waals surface area contributed by atoms with Gasteiger partial charge in [0.2, 0.25) is 0 Å². The number of hydrogen-bond donors (Lipinski definition) is 1. The van der Waals surface area contributed by atoms with Crippen molar-refractivity contribution < 1.29 is 0 Å². The molecule has 0 aliphatic rings. The highest BCUT2D eigenvalue weighted by Crippen LogP contribution is 2.45. The Bertz CT molecular complexity index is 1840. The van der Waals surface area contributed by atoms with Gasteiger partial charge in [0.25, 0.3) is 0 Å². The zero-order valence-electron chi connectivity index (χ0n) is 22.1. The molecule has 0 radical (unpaired) electrons. The van der Waals surface area contributed by atoms with Gasteiger partial charge in [-0.15, -0.1) is 0 Å². The van der Waals surface area contributed by atoms with Crippen LogP contribution in [-0.2, 0) is 0 Å². The minimum atomic E-state index is 1.03. The molecule has 1 nitrogen and oxygen atoms in total. The molecule has 0 fully saturated rings. The molecule has 0 bridgehead atoms. The van der Waals surface area contributed by atoms with Crippen molar-refractivity contribution in [1.29, 1.82) is 0 Å². The highest BCUT2D eigenvalue weighted by atomic mass is 14.5. The lowest BCUT2D eigenvalue weighted by Crippen LogP contribution is -1.93. The first-order valence-corrected chi connectivity index (χ1v) is 13.2. The first-order chi connectivity index (χ1) is 18.6. The van der Waals surface area contributed by atoms with E-state index in [4.69, 9.17) is 5.73 Å². The maximum Gasteiger partial charge on any atom is 0.00175 e. The van der Waals surface area contributed by atoms with Crippen molar-refractivity contribution in [1.82, 2.24) is 0 Å². The maximum atomic E-state index is 6.06. The van der Waals surface area contributed by atoms with Crippen molar-refractivity contribution in [3.63, 3.8) is 0 Å². The molecular weight excluding hydrogens is 458 g/mol. The van der Waals surface area contributed by atoms with Crippen LogP contribution < -0.4 is 5.73 Å². The number of aryl methyl sites for hydroxylation is 1. The summed E-state index contributed by atoms with van der Waals surface area (Å²) in [6.45, 7) is 6.39. The van der Waals surface area contributed by atoms with E-state index in [0.29, 0.717) is 0 Å². The Morgan fingerprint density at radius 2 is 1.13 bits per heavy atom. The van der Waals surface area contributed by atoms with Crippen LogP contribution in [0.15, 0.2) is 127 Å². The Morgan fingerprint density at radius 1 is 0.579 bits per heavy atom. The van der Waals surface area contributed by atoms with Crippen LogP contribution in [0.1, 0.15) is 25.0 Å². The van der Waals surface area contributed by atoms with Crippen LogP contribution in [0.5, 0.6) is 0 Å². The lowest BCUT2D eigenvalue weighted by molar-refractivity contribution is 1.39. The monoisotopic (exact) mass is 489 g/mol. The zero-order valence-corrected chi connectivity index (χ0v) is 22.1. The quantitative estimate of drug-likeness (QED) is 0.193. The summed E-state index contributed by atoms with van der Waals surface area (Å²) >= 11 is 0. The smallest absolute Gasteiger partial charge is 0.00175 e. The number of benzene rings is 6.